The summed E-state index contributed by atoms with van der Waals surface area (Å²) in [5.74, 6) is -0.725. The van der Waals surface area contributed by atoms with Crippen molar-refractivity contribution >= 4 is 11.7 Å². The van der Waals surface area contributed by atoms with Crippen LogP contribution in [0.25, 0.3) is 0 Å². The number of benzene rings is 1. The van der Waals surface area contributed by atoms with E-state index in [9.17, 15) is 9.59 Å². The van der Waals surface area contributed by atoms with E-state index in [1.807, 2.05) is 65.0 Å². The van der Waals surface area contributed by atoms with Crippen LogP contribution in [0.4, 0.5) is 5.82 Å². The van der Waals surface area contributed by atoms with E-state index in [2.05, 4.69) is 10.3 Å². The highest BCUT2D eigenvalue weighted by atomic mass is 16.6. The maximum absolute atomic E-state index is 12.8. The van der Waals surface area contributed by atoms with E-state index in [4.69, 9.17) is 19.9 Å². The van der Waals surface area contributed by atoms with Crippen LogP contribution in [0.2, 0.25) is 0 Å². The summed E-state index contributed by atoms with van der Waals surface area (Å²) in [6, 6.07) is 9.51. The minimum Gasteiger partial charge on any atom is -0.383 e. The summed E-state index contributed by atoms with van der Waals surface area (Å²) < 4.78 is 19.4. The second kappa shape index (κ2) is 10.9. The summed E-state index contributed by atoms with van der Waals surface area (Å²) in [7, 11) is 0. The first-order valence-electron chi connectivity index (χ1n) is 11.3. The third-order valence-electron chi connectivity index (χ3n) is 5.47. The Labute approximate surface area is 194 Å². The zero-order chi connectivity index (χ0) is 24.1. The largest absolute Gasteiger partial charge is 0.383 e. The van der Waals surface area contributed by atoms with Gasteiger partial charge < -0.3 is 25.3 Å². The van der Waals surface area contributed by atoms with Crippen molar-refractivity contribution < 1.29 is 19.0 Å². The average Bonchev–Trinajstić information content (AvgIpc) is 3.06. The quantitative estimate of drug-likeness (QED) is 0.593. The number of carbonyl (C=O) groups excluding carboxylic acids is 1. The Hall–Kier alpha value is -2.75. The fraction of sp³-hybridized carbons (Fsp3) is 0.542. The monoisotopic (exact) mass is 458 g/mol. The highest BCUT2D eigenvalue weighted by molar-refractivity contribution is 5.97. The standard InChI is InChI=1S/C24H34N4O5/c1-14(2)31-13-19-20(32-15(3)4)16(5)23(33-19)28-12-18(21(25)27-24(28)30)22(29)26-11-17-9-7-6-8-10-17/h6-10,12,14-16,19-20,23H,11,13H2,1-5H3,(H,26,29)(H2,25,27,30)/t16?,19-,20-,23-/m1/s1. The maximum Gasteiger partial charge on any atom is 0.351 e. The molecule has 3 N–H and O–H groups in total. The van der Waals surface area contributed by atoms with E-state index in [1.165, 1.54) is 10.8 Å². The minimum atomic E-state index is -0.671. The van der Waals surface area contributed by atoms with Gasteiger partial charge in [-0.3, -0.25) is 9.36 Å². The Morgan fingerprint density at radius 2 is 1.91 bits per heavy atom. The fourth-order valence-corrected chi connectivity index (χ4v) is 3.86. The number of hydrogen-bond donors (Lipinski definition) is 2. The molecule has 0 bridgehead atoms. The van der Waals surface area contributed by atoms with Crippen LogP contribution in [-0.4, -0.2) is 46.5 Å². The molecular weight excluding hydrogens is 424 g/mol. The van der Waals surface area contributed by atoms with Crippen molar-refractivity contribution in [1.29, 1.82) is 0 Å². The third-order valence-corrected chi connectivity index (χ3v) is 5.47. The van der Waals surface area contributed by atoms with Crippen LogP contribution in [0.15, 0.2) is 41.3 Å². The number of aromatic nitrogens is 2. The highest BCUT2D eigenvalue weighted by Gasteiger charge is 2.45. The van der Waals surface area contributed by atoms with Gasteiger partial charge in [-0.05, 0) is 33.3 Å². The molecule has 9 heteroatoms. The molecule has 33 heavy (non-hydrogen) atoms. The minimum absolute atomic E-state index is 0.0260. The lowest BCUT2D eigenvalue weighted by Crippen LogP contribution is -2.36. The number of nitrogen functional groups attached to an aromatic ring is 1. The van der Waals surface area contributed by atoms with Crippen molar-refractivity contribution in [2.75, 3.05) is 12.3 Å². The molecule has 2 heterocycles. The van der Waals surface area contributed by atoms with Crippen molar-refractivity contribution in [3.63, 3.8) is 0 Å². The molecule has 1 aliphatic heterocycles. The molecule has 1 saturated heterocycles. The number of amides is 1. The van der Waals surface area contributed by atoms with E-state index in [0.29, 0.717) is 13.2 Å². The van der Waals surface area contributed by atoms with Crippen molar-refractivity contribution in [1.82, 2.24) is 14.9 Å². The van der Waals surface area contributed by atoms with Crippen LogP contribution in [0.1, 0.15) is 56.8 Å². The smallest absolute Gasteiger partial charge is 0.351 e. The van der Waals surface area contributed by atoms with Crippen molar-refractivity contribution in [3.8, 4) is 0 Å². The maximum atomic E-state index is 12.8. The van der Waals surface area contributed by atoms with Crippen LogP contribution in [-0.2, 0) is 20.8 Å². The average molecular weight is 459 g/mol. The molecule has 1 aromatic heterocycles. The lowest BCUT2D eigenvalue weighted by molar-refractivity contribution is -0.0966. The van der Waals surface area contributed by atoms with Gasteiger partial charge in [0.15, 0.2) is 0 Å². The van der Waals surface area contributed by atoms with E-state index < -0.39 is 17.8 Å². The highest BCUT2D eigenvalue weighted by Crippen LogP contribution is 2.36. The molecule has 1 aromatic carbocycles. The summed E-state index contributed by atoms with van der Waals surface area (Å²) in [5, 5.41) is 2.82. The number of nitrogens with two attached hydrogens (primary N) is 1. The molecule has 4 atom stereocenters. The second-order valence-corrected chi connectivity index (χ2v) is 8.85. The van der Waals surface area contributed by atoms with Gasteiger partial charge >= 0.3 is 5.69 Å². The fourth-order valence-electron chi connectivity index (χ4n) is 3.86. The van der Waals surface area contributed by atoms with Gasteiger partial charge in [0.1, 0.15) is 18.1 Å². The van der Waals surface area contributed by atoms with E-state index >= 15 is 0 Å². The van der Waals surface area contributed by atoms with Crippen molar-refractivity contribution in [3.05, 3.63) is 58.1 Å². The molecule has 1 aliphatic rings. The topological polar surface area (TPSA) is 118 Å². The van der Waals surface area contributed by atoms with E-state index in [-0.39, 0.29) is 41.7 Å². The first-order chi connectivity index (χ1) is 15.7. The van der Waals surface area contributed by atoms with Crippen LogP contribution >= 0.6 is 0 Å². The molecule has 3 rings (SSSR count). The molecule has 0 radical (unpaired) electrons. The number of rotatable bonds is 9. The molecule has 1 amide bonds. The first kappa shape index (κ1) is 24.9. The normalized spacial score (nSPS) is 22.8. The third kappa shape index (κ3) is 6.19. The Morgan fingerprint density at radius 3 is 2.55 bits per heavy atom. The molecule has 0 spiro atoms. The van der Waals surface area contributed by atoms with Gasteiger partial charge in [0.05, 0.1) is 30.5 Å². The Bertz CT molecular complexity index is 992. The van der Waals surface area contributed by atoms with Gasteiger partial charge in [-0.15, -0.1) is 0 Å². The summed E-state index contributed by atoms with van der Waals surface area (Å²) in [6.07, 6.45) is 0.106. The van der Waals surface area contributed by atoms with Gasteiger partial charge in [0.2, 0.25) is 0 Å². The van der Waals surface area contributed by atoms with E-state index in [0.717, 1.165) is 5.56 Å². The second-order valence-electron chi connectivity index (χ2n) is 8.85. The van der Waals surface area contributed by atoms with Gasteiger partial charge in [0.25, 0.3) is 5.91 Å². The summed E-state index contributed by atoms with van der Waals surface area (Å²) >= 11 is 0. The molecule has 0 saturated carbocycles. The molecule has 9 nitrogen and oxygen atoms in total. The first-order valence-corrected chi connectivity index (χ1v) is 11.3. The number of anilines is 1. The molecule has 1 unspecified atom stereocenters. The number of nitrogens with zero attached hydrogens (tertiary/aromatic N) is 2. The molecule has 1 fully saturated rings. The Balaban J connectivity index is 1.83. The van der Waals surface area contributed by atoms with Crippen LogP contribution in [0, 0.1) is 5.92 Å². The van der Waals surface area contributed by atoms with Gasteiger partial charge in [-0.2, -0.15) is 4.98 Å². The molecular formula is C24H34N4O5. The molecule has 180 valence electrons. The zero-order valence-electron chi connectivity index (χ0n) is 19.9. The summed E-state index contributed by atoms with van der Waals surface area (Å²) in [4.78, 5) is 29.4. The van der Waals surface area contributed by atoms with Crippen LogP contribution < -0.4 is 16.7 Å². The predicted octanol–water partition coefficient (Wildman–Crippen LogP) is 2.51. The van der Waals surface area contributed by atoms with Crippen LogP contribution in [0.3, 0.4) is 0 Å². The predicted molar refractivity (Wildman–Crippen MR) is 125 cm³/mol. The number of nitrogens with one attached hydrogen (secondary N) is 1. The summed E-state index contributed by atoms with van der Waals surface area (Å²) in [6.45, 7) is 10.4. The lowest BCUT2D eigenvalue weighted by atomic mass is 10.0. The summed E-state index contributed by atoms with van der Waals surface area (Å²) in [5.41, 5.74) is 6.40. The SMILES string of the molecule is CC(C)OC[C@H]1O[C@@H](n2cc(C(=O)NCc3ccccc3)c(N)nc2=O)C(C)[C@H]1OC(C)C. The van der Waals surface area contributed by atoms with Gasteiger partial charge in [0, 0.05) is 18.7 Å². The lowest BCUT2D eigenvalue weighted by Gasteiger charge is -2.24. The van der Waals surface area contributed by atoms with Crippen LogP contribution in [0.5, 0.6) is 0 Å². The Morgan fingerprint density at radius 1 is 1.21 bits per heavy atom. The van der Waals surface area contributed by atoms with Gasteiger partial charge in [-0.25, -0.2) is 4.79 Å². The number of ether oxygens (including phenoxy) is 3. The number of hydrogen-bond acceptors (Lipinski definition) is 7. The Kier molecular flexibility index (Phi) is 8.23. The van der Waals surface area contributed by atoms with Crippen molar-refractivity contribution in [2.24, 2.45) is 5.92 Å². The van der Waals surface area contributed by atoms with Gasteiger partial charge in [-0.1, -0.05) is 37.3 Å². The number of carbonyl (C=O) groups is 1. The zero-order valence-corrected chi connectivity index (χ0v) is 19.9. The van der Waals surface area contributed by atoms with Crippen molar-refractivity contribution in [2.45, 2.75) is 71.8 Å². The molecule has 0 aliphatic carbocycles. The van der Waals surface area contributed by atoms with E-state index in [1.54, 1.807) is 0 Å². The molecule has 2 aromatic rings.